The third-order valence-electron chi connectivity index (χ3n) is 2.40. The van der Waals surface area contributed by atoms with Gasteiger partial charge in [0, 0.05) is 6.92 Å². The minimum atomic E-state index is -0.686. The molecule has 108 valence electrons. The van der Waals surface area contributed by atoms with E-state index in [0.717, 1.165) is 0 Å². The van der Waals surface area contributed by atoms with E-state index in [0.29, 0.717) is 11.2 Å². The highest BCUT2D eigenvalue weighted by molar-refractivity contribution is 5.87. The minimum Gasteiger partial charge on any atom is -0.394 e. The van der Waals surface area contributed by atoms with Crippen molar-refractivity contribution in [1.82, 2.24) is 25.0 Å². The van der Waals surface area contributed by atoms with Crippen molar-refractivity contribution >= 4 is 23.0 Å². The van der Waals surface area contributed by atoms with Gasteiger partial charge in [0.05, 0.1) is 19.4 Å². The van der Waals surface area contributed by atoms with Gasteiger partial charge in [-0.25, -0.2) is 9.67 Å². The van der Waals surface area contributed by atoms with Gasteiger partial charge in [-0.15, -0.1) is 5.10 Å². The van der Waals surface area contributed by atoms with E-state index in [1.165, 1.54) is 17.8 Å². The van der Waals surface area contributed by atoms with Crippen LogP contribution in [0, 0.1) is 0 Å². The van der Waals surface area contributed by atoms with Gasteiger partial charge in [-0.1, -0.05) is 5.21 Å². The molecule has 3 N–H and O–H groups in total. The lowest BCUT2D eigenvalue weighted by molar-refractivity contribution is -0.114. The molecule has 10 nitrogen and oxygen atoms in total. The number of carbonyl (C=O) groups excluding carboxylic acids is 1. The van der Waals surface area contributed by atoms with E-state index in [2.05, 4.69) is 25.6 Å². The van der Waals surface area contributed by atoms with Gasteiger partial charge in [0.15, 0.2) is 0 Å². The first-order chi connectivity index (χ1) is 9.63. The third kappa shape index (κ3) is 3.23. The smallest absolute Gasteiger partial charge is 0.231 e. The number of fused-ring (bicyclic) bond motifs is 1. The number of nitrogens with one attached hydrogen (secondary N) is 1. The van der Waals surface area contributed by atoms with Gasteiger partial charge in [-0.3, -0.25) is 10.1 Å². The number of rotatable bonds is 6. The van der Waals surface area contributed by atoms with Crippen molar-refractivity contribution in [2.45, 2.75) is 19.8 Å². The summed E-state index contributed by atoms with van der Waals surface area (Å²) in [4.78, 5) is 18.9. The number of ether oxygens (including phenoxy) is 1. The number of hydrogen-bond acceptors (Lipinski definition) is 8. The van der Waals surface area contributed by atoms with Crippen LogP contribution in [0.1, 0.15) is 6.92 Å². The monoisotopic (exact) mass is 282 g/mol. The van der Waals surface area contributed by atoms with E-state index in [4.69, 9.17) is 14.9 Å². The Kier molecular flexibility index (Phi) is 4.50. The van der Waals surface area contributed by atoms with Crippen LogP contribution >= 0.6 is 0 Å². The Morgan fingerprint density at radius 1 is 1.50 bits per heavy atom. The first-order valence-corrected chi connectivity index (χ1v) is 5.81. The second-order valence-corrected chi connectivity index (χ2v) is 3.96. The Morgan fingerprint density at radius 3 is 2.90 bits per heavy atom. The molecule has 2 rings (SSSR count). The normalized spacial score (nSPS) is 11.2. The predicted octanol–water partition coefficient (Wildman–Crippen LogP) is -1.49. The lowest BCUT2D eigenvalue weighted by Crippen LogP contribution is -2.23. The molecule has 10 heteroatoms. The SMILES string of the molecule is CC(=O)Nc1ncc2c(nnn2COC(CO)CO)n1. The molecular formula is C10H14N6O4. The molecule has 0 aromatic carbocycles. The minimum absolute atomic E-state index is 0.00880. The molecular weight excluding hydrogens is 268 g/mol. The molecule has 2 heterocycles. The zero-order valence-corrected chi connectivity index (χ0v) is 10.7. The van der Waals surface area contributed by atoms with Gasteiger partial charge in [0.2, 0.25) is 17.5 Å². The first kappa shape index (κ1) is 14.2. The van der Waals surface area contributed by atoms with Gasteiger partial charge in [-0.2, -0.15) is 4.98 Å². The Balaban J connectivity index is 2.14. The van der Waals surface area contributed by atoms with E-state index in [1.807, 2.05) is 0 Å². The average molecular weight is 282 g/mol. The molecule has 0 aliphatic rings. The summed E-state index contributed by atoms with van der Waals surface area (Å²) in [5, 5.41) is 27.9. The van der Waals surface area contributed by atoms with Crippen LogP contribution in [0.3, 0.4) is 0 Å². The van der Waals surface area contributed by atoms with Crippen LogP contribution < -0.4 is 5.32 Å². The van der Waals surface area contributed by atoms with E-state index in [-0.39, 0.29) is 31.8 Å². The fraction of sp³-hybridized carbons (Fsp3) is 0.500. The fourth-order valence-corrected chi connectivity index (χ4v) is 1.42. The molecule has 0 saturated heterocycles. The maximum atomic E-state index is 10.9. The van der Waals surface area contributed by atoms with Gasteiger partial charge in [-0.05, 0) is 0 Å². The maximum absolute atomic E-state index is 10.9. The summed E-state index contributed by atoms with van der Waals surface area (Å²) in [7, 11) is 0. The molecule has 0 spiro atoms. The maximum Gasteiger partial charge on any atom is 0.231 e. The largest absolute Gasteiger partial charge is 0.394 e. The Hall–Kier alpha value is -2.17. The van der Waals surface area contributed by atoms with E-state index in [9.17, 15) is 4.79 Å². The zero-order chi connectivity index (χ0) is 14.5. The van der Waals surface area contributed by atoms with Crippen molar-refractivity contribution in [3.8, 4) is 0 Å². The molecule has 0 aliphatic carbocycles. The summed E-state index contributed by atoms with van der Waals surface area (Å²) in [6.45, 7) is 0.742. The lowest BCUT2D eigenvalue weighted by Gasteiger charge is -2.12. The highest BCUT2D eigenvalue weighted by Gasteiger charge is 2.11. The lowest BCUT2D eigenvalue weighted by atomic mass is 10.4. The number of hydrogen-bond donors (Lipinski definition) is 3. The number of nitrogens with zero attached hydrogens (tertiary/aromatic N) is 5. The number of aliphatic hydroxyl groups excluding tert-OH is 2. The van der Waals surface area contributed by atoms with Crippen molar-refractivity contribution in [1.29, 1.82) is 0 Å². The van der Waals surface area contributed by atoms with Crippen molar-refractivity contribution < 1.29 is 19.7 Å². The Morgan fingerprint density at radius 2 is 2.25 bits per heavy atom. The highest BCUT2D eigenvalue weighted by Crippen LogP contribution is 2.10. The van der Waals surface area contributed by atoms with Crippen molar-refractivity contribution in [3.05, 3.63) is 6.20 Å². The standard InChI is InChI=1S/C10H14N6O4/c1-6(19)12-10-11-2-8-9(13-10)14-15-16(8)5-20-7(3-17)4-18/h2,7,17-18H,3-5H2,1H3,(H,11,12,13,19). The molecule has 0 unspecified atom stereocenters. The molecule has 20 heavy (non-hydrogen) atoms. The number of anilines is 1. The third-order valence-corrected chi connectivity index (χ3v) is 2.40. The molecule has 0 radical (unpaired) electrons. The van der Waals surface area contributed by atoms with Crippen LogP contribution in [0.2, 0.25) is 0 Å². The van der Waals surface area contributed by atoms with E-state index in [1.54, 1.807) is 0 Å². The van der Waals surface area contributed by atoms with Crippen LogP contribution in [-0.2, 0) is 16.3 Å². The van der Waals surface area contributed by atoms with Crippen molar-refractivity contribution in [3.63, 3.8) is 0 Å². The first-order valence-electron chi connectivity index (χ1n) is 5.81. The summed E-state index contributed by atoms with van der Waals surface area (Å²) < 4.78 is 6.60. The van der Waals surface area contributed by atoms with Crippen LogP contribution in [-0.4, -0.2) is 60.4 Å². The number of aliphatic hydroxyl groups is 2. The van der Waals surface area contributed by atoms with Gasteiger partial charge >= 0.3 is 0 Å². The van der Waals surface area contributed by atoms with Crippen LogP contribution in [0.5, 0.6) is 0 Å². The molecule has 2 aromatic heterocycles. The topological polar surface area (TPSA) is 135 Å². The van der Waals surface area contributed by atoms with Crippen molar-refractivity contribution in [2.24, 2.45) is 0 Å². The van der Waals surface area contributed by atoms with Gasteiger partial charge < -0.3 is 14.9 Å². The second-order valence-electron chi connectivity index (χ2n) is 3.96. The number of amides is 1. The summed E-state index contributed by atoms with van der Waals surface area (Å²) in [5.74, 6) is -0.143. The molecule has 0 atom stereocenters. The number of aromatic nitrogens is 5. The second kappa shape index (κ2) is 6.32. The van der Waals surface area contributed by atoms with Crippen LogP contribution in [0.25, 0.3) is 11.2 Å². The molecule has 0 bridgehead atoms. The molecule has 0 fully saturated rings. The van der Waals surface area contributed by atoms with Gasteiger partial charge in [0.25, 0.3) is 0 Å². The summed E-state index contributed by atoms with van der Waals surface area (Å²) >= 11 is 0. The Labute approximate surface area is 113 Å². The quantitative estimate of drug-likeness (QED) is 0.583. The average Bonchev–Trinajstić information content (AvgIpc) is 2.82. The van der Waals surface area contributed by atoms with Crippen LogP contribution in [0.4, 0.5) is 5.95 Å². The molecule has 1 amide bonds. The number of carbonyl (C=O) groups is 1. The van der Waals surface area contributed by atoms with E-state index < -0.39 is 6.10 Å². The van der Waals surface area contributed by atoms with E-state index >= 15 is 0 Å². The summed E-state index contributed by atoms with van der Waals surface area (Å²) in [6.07, 6.45) is 0.762. The fourth-order valence-electron chi connectivity index (χ4n) is 1.42. The molecule has 0 saturated carbocycles. The molecule has 0 aliphatic heterocycles. The Bertz CT molecular complexity index is 596. The summed E-state index contributed by atoms with van der Waals surface area (Å²) in [5.41, 5.74) is 0.811. The highest BCUT2D eigenvalue weighted by atomic mass is 16.5. The summed E-state index contributed by atoms with van der Waals surface area (Å²) in [6, 6.07) is 0. The predicted molar refractivity (Wildman–Crippen MR) is 66.5 cm³/mol. The van der Waals surface area contributed by atoms with Crippen molar-refractivity contribution in [2.75, 3.05) is 18.5 Å². The van der Waals surface area contributed by atoms with Crippen LogP contribution in [0.15, 0.2) is 6.20 Å². The molecule has 2 aromatic rings. The zero-order valence-electron chi connectivity index (χ0n) is 10.7. The van der Waals surface area contributed by atoms with Gasteiger partial charge in [0.1, 0.15) is 18.4 Å².